The van der Waals surface area contributed by atoms with Crippen LogP contribution in [0.1, 0.15) is 64.0 Å². The maximum atomic E-state index is 12.7. The van der Waals surface area contributed by atoms with Crippen LogP contribution in [-0.2, 0) is 30.0 Å². The van der Waals surface area contributed by atoms with Gasteiger partial charge >= 0.3 is 12.0 Å². The van der Waals surface area contributed by atoms with Crippen molar-refractivity contribution in [2.45, 2.75) is 106 Å². The molecule has 0 spiro atoms. The molecule has 5 heterocycles. The van der Waals surface area contributed by atoms with E-state index in [1.165, 1.54) is 17.2 Å². The van der Waals surface area contributed by atoms with Gasteiger partial charge in [0.25, 0.3) is 0 Å². The fraction of sp³-hybridized carbons (Fsp3) is 0.710. The molecule has 0 bridgehead atoms. The van der Waals surface area contributed by atoms with Crippen molar-refractivity contribution in [3.05, 3.63) is 12.7 Å². The molecule has 0 saturated carbocycles. The highest BCUT2D eigenvalue weighted by Crippen LogP contribution is 2.34. The summed E-state index contributed by atoms with van der Waals surface area (Å²) in [4.78, 5) is 60.3. The van der Waals surface area contributed by atoms with E-state index in [1.807, 2.05) is 18.0 Å². The predicted molar refractivity (Wildman–Crippen MR) is 189 cm³/mol. The van der Waals surface area contributed by atoms with E-state index in [0.29, 0.717) is 53.7 Å². The van der Waals surface area contributed by atoms with Gasteiger partial charge in [-0.15, -0.1) is 0 Å². The molecule has 4 amide bonds. The third-order valence-electron chi connectivity index (χ3n) is 9.25. The molecule has 0 aromatic carbocycles. The van der Waals surface area contributed by atoms with Crippen LogP contribution in [0.4, 0.5) is 10.6 Å². The number of unbranched alkanes of at least 4 members (excludes halogenated alkanes) is 3. The number of aliphatic hydroxyl groups is 2. The van der Waals surface area contributed by atoms with Crippen molar-refractivity contribution < 1.29 is 39.2 Å². The number of fused-ring (bicyclic) bond motifs is 2. The molecule has 2 aromatic rings. The number of carboxylic acids is 1. The number of hydrogen-bond donors (Lipinski definition) is 8. The van der Waals surface area contributed by atoms with Crippen LogP contribution < -0.4 is 27.0 Å². The van der Waals surface area contributed by atoms with Gasteiger partial charge in [0, 0.05) is 36.8 Å². The molecule has 0 aliphatic carbocycles. The van der Waals surface area contributed by atoms with Crippen LogP contribution in [-0.4, -0.2) is 130 Å². The van der Waals surface area contributed by atoms with Crippen molar-refractivity contribution in [1.29, 1.82) is 0 Å². The van der Waals surface area contributed by atoms with Crippen molar-refractivity contribution in [3.8, 4) is 0 Å². The lowest BCUT2D eigenvalue weighted by Gasteiger charge is -2.16. The average Bonchev–Trinajstić information content (AvgIpc) is 3.84. The quantitative estimate of drug-likeness (QED) is 0.0530. The lowest BCUT2D eigenvalue weighted by atomic mass is 10.0. The first-order valence-corrected chi connectivity index (χ1v) is 20.1. The van der Waals surface area contributed by atoms with Crippen molar-refractivity contribution in [1.82, 2.24) is 35.5 Å². The Bertz CT molecular complexity index is 1500. The minimum atomic E-state index is -1.27. The van der Waals surface area contributed by atoms with E-state index in [4.69, 9.17) is 15.6 Å². The highest BCUT2D eigenvalue weighted by molar-refractivity contribution is 8.00. The summed E-state index contributed by atoms with van der Waals surface area (Å²) in [7, 11) is -0.310. The molecule has 3 saturated heterocycles. The molecular formula is C31H48N9O8S2+. The Balaban J connectivity index is 0.983. The molecule has 2 aromatic heterocycles. The number of amides is 4. The van der Waals surface area contributed by atoms with E-state index in [2.05, 4.69) is 36.2 Å². The number of nitrogens with zero attached hydrogens (tertiary/aromatic N) is 4. The number of nitrogens with one attached hydrogen (secondary N) is 4. The van der Waals surface area contributed by atoms with Crippen LogP contribution in [0.3, 0.4) is 0 Å². The maximum absolute atomic E-state index is 12.7. The Morgan fingerprint density at radius 1 is 1.10 bits per heavy atom. The first kappa shape index (κ1) is 38.0. The summed E-state index contributed by atoms with van der Waals surface area (Å²) in [5.74, 6) is 0.833. The number of hydrogen-bond acceptors (Lipinski definition) is 12. The van der Waals surface area contributed by atoms with Crippen LogP contribution in [0.5, 0.6) is 0 Å². The minimum absolute atomic E-state index is 0.0245. The Morgan fingerprint density at radius 2 is 1.88 bits per heavy atom. The molecule has 17 nitrogen and oxygen atoms in total. The number of aliphatic hydroxyl groups excluding tert-OH is 2. The van der Waals surface area contributed by atoms with E-state index >= 15 is 0 Å². The number of carbonyl (C=O) groups is 4. The largest absolute Gasteiger partial charge is 0.480 e. The summed E-state index contributed by atoms with van der Waals surface area (Å²) in [6.45, 7) is 0.549. The number of imidazole rings is 1. The van der Waals surface area contributed by atoms with Gasteiger partial charge in [-0.2, -0.15) is 11.8 Å². The number of thioether (sulfide) groups is 1. The number of nitrogens with two attached hydrogens (primary N) is 1. The summed E-state index contributed by atoms with van der Waals surface area (Å²) in [6.07, 6.45) is 6.40. The molecule has 3 fully saturated rings. The summed E-state index contributed by atoms with van der Waals surface area (Å²) >= 11 is 1.88. The van der Waals surface area contributed by atoms with Gasteiger partial charge < -0.3 is 47.1 Å². The van der Waals surface area contributed by atoms with Gasteiger partial charge in [-0.1, -0.05) is 12.8 Å². The van der Waals surface area contributed by atoms with Crippen LogP contribution in [0.25, 0.3) is 11.2 Å². The molecule has 19 heteroatoms. The second kappa shape index (κ2) is 17.8. The average molecular weight is 739 g/mol. The van der Waals surface area contributed by atoms with Crippen LogP contribution >= 0.6 is 11.8 Å². The molecule has 0 radical (unpaired) electrons. The summed E-state index contributed by atoms with van der Waals surface area (Å²) in [5.41, 5.74) is 6.23. The SMILES string of the molecule is C[S+](CC[C@H](N)C(=O)O)C[C@H]1O[C@@H](n2cnc3c(NC(=O)CCCCCNC(=O)CCCC[C@H]4SCC5NC(=O)NC54)ncnc32)[C@H](O)[C@@H]1O. The molecule has 276 valence electrons. The standard InChI is InChI=1S/C31H47N9O8S2/c1-50(12-10-17(32)30(45)46)14-19-25(43)26(44)29(48-19)40-16-36-24-27(34-15-35-28(24)40)38-22(42)9-3-2-6-11-33-21(41)8-5-4-7-20-23-18(13-49-20)37-31(47)39-23/h15-20,23,25-26,29,43-44H,2-14,32H2,1H3,(H4-,33,34,35,37,38,39,41,42,45,46,47)/p+1/t17-,18?,19+,20+,23?,25+,26+,29+,50?/m0/s1. The Labute approximate surface area is 297 Å². The highest BCUT2D eigenvalue weighted by atomic mass is 32.2. The molecule has 50 heavy (non-hydrogen) atoms. The Morgan fingerprint density at radius 3 is 2.68 bits per heavy atom. The minimum Gasteiger partial charge on any atom is -0.480 e. The first-order chi connectivity index (χ1) is 24.0. The number of aliphatic carboxylic acids is 1. The number of urea groups is 1. The van der Waals surface area contributed by atoms with E-state index < -0.39 is 36.6 Å². The zero-order valence-electron chi connectivity index (χ0n) is 28.0. The van der Waals surface area contributed by atoms with Crippen molar-refractivity contribution in [2.24, 2.45) is 5.73 Å². The van der Waals surface area contributed by atoms with Gasteiger partial charge in [0.05, 0.1) is 24.7 Å². The Hall–Kier alpha value is -3.23. The van der Waals surface area contributed by atoms with Crippen molar-refractivity contribution in [2.75, 3.05) is 35.4 Å². The maximum Gasteiger partial charge on any atom is 0.320 e. The fourth-order valence-electron chi connectivity index (χ4n) is 6.41. The van der Waals surface area contributed by atoms with E-state index in [0.717, 1.165) is 37.9 Å². The summed E-state index contributed by atoms with van der Waals surface area (Å²) < 4.78 is 7.54. The lowest BCUT2D eigenvalue weighted by Crippen LogP contribution is -2.37. The van der Waals surface area contributed by atoms with Gasteiger partial charge in [0.15, 0.2) is 23.2 Å². The van der Waals surface area contributed by atoms with E-state index in [-0.39, 0.29) is 53.1 Å². The number of carboxylic acid groups (broad SMARTS) is 1. The topological polar surface area (TPSA) is 256 Å². The van der Waals surface area contributed by atoms with Crippen molar-refractivity contribution >= 4 is 63.5 Å². The molecule has 3 aliphatic rings. The molecule has 3 unspecified atom stereocenters. The zero-order chi connectivity index (χ0) is 35.8. The number of rotatable bonds is 19. The van der Waals surface area contributed by atoms with Gasteiger partial charge in [-0.25, -0.2) is 19.7 Å². The number of ether oxygens (including phenoxy) is 1. The van der Waals surface area contributed by atoms with Crippen LogP contribution in [0.15, 0.2) is 12.7 Å². The van der Waals surface area contributed by atoms with E-state index in [1.54, 1.807) is 0 Å². The zero-order valence-corrected chi connectivity index (χ0v) is 29.7. The molecular weight excluding hydrogens is 691 g/mol. The third kappa shape index (κ3) is 9.75. The van der Waals surface area contributed by atoms with Crippen molar-refractivity contribution in [3.63, 3.8) is 0 Å². The van der Waals surface area contributed by atoms with Gasteiger partial charge in [-0.05, 0) is 36.6 Å². The molecule has 3 aliphatic heterocycles. The second-order valence-electron chi connectivity index (χ2n) is 13.1. The summed E-state index contributed by atoms with van der Waals surface area (Å²) in [5, 5.41) is 42.6. The summed E-state index contributed by atoms with van der Waals surface area (Å²) in [6, 6.07) is -0.638. The monoisotopic (exact) mass is 738 g/mol. The third-order valence-corrected chi connectivity index (χ3v) is 12.6. The van der Waals surface area contributed by atoms with Gasteiger partial charge in [-0.3, -0.25) is 19.0 Å². The van der Waals surface area contributed by atoms with Crippen LogP contribution in [0, 0.1) is 0 Å². The molecule has 5 rings (SSSR count). The number of anilines is 1. The van der Waals surface area contributed by atoms with E-state index in [9.17, 15) is 29.4 Å². The smallest absolute Gasteiger partial charge is 0.320 e. The van der Waals surface area contributed by atoms with Gasteiger partial charge in [0.1, 0.15) is 42.2 Å². The Kier molecular flexibility index (Phi) is 13.5. The second-order valence-corrected chi connectivity index (χ2v) is 16.6. The number of aromatic nitrogens is 4. The van der Waals surface area contributed by atoms with Crippen LogP contribution in [0.2, 0.25) is 0 Å². The lowest BCUT2D eigenvalue weighted by molar-refractivity contribution is -0.138. The van der Waals surface area contributed by atoms with Gasteiger partial charge in [0.2, 0.25) is 11.8 Å². The first-order valence-electron chi connectivity index (χ1n) is 17.0. The molecule has 9 N–H and O–H groups in total. The highest BCUT2D eigenvalue weighted by Gasteiger charge is 2.47. The predicted octanol–water partition coefficient (Wildman–Crippen LogP) is -0.163. The fourth-order valence-corrected chi connectivity index (χ4v) is 9.62. The normalized spacial score (nSPS) is 27.0. The number of carbonyl (C=O) groups excluding carboxylic acids is 3. The molecule has 9 atom stereocenters.